The summed E-state index contributed by atoms with van der Waals surface area (Å²) in [5, 5.41) is 6.29. The van der Waals surface area contributed by atoms with E-state index < -0.39 is 11.2 Å². The molecule has 0 bridgehead atoms. The lowest BCUT2D eigenvalue weighted by Crippen LogP contribution is -2.23. The third kappa shape index (κ3) is 2.75. The maximum Gasteiger partial charge on any atom is 0.327 e. The highest BCUT2D eigenvalue weighted by Crippen LogP contribution is 2.35. The number of hydrogen-bond donors (Lipinski definition) is 2. The molecule has 3 aromatic heterocycles. The van der Waals surface area contributed by atoms with Crippen LogP contribution >= 0.6 is 11.6 Å². The summed E-state index contributed by atoms with van der Waals surface area (Å²) >= 11 is 6.06. The van der Waals surface area contributed by atoms with Crippen molar-refractivity contribution in [3.63, 3.8) is 0 Å². The predicted octanol–water partition coefficient (Wildman–Crippen LogP) is 3.58. The van der Waals surface area contributed by atoms with E-state index in [0.717, 1.165) is 16.6 Å². The summed E-state index contributed by atoms with van der Waals surface area (Å²) in [7, 11) is 0. The fraction of sp³-hybridized carbons (Fsp3) is 0.0476. The molecule has 0 atom stereocenters. The molecule has 8 heteroatoms. The Morgan fingerprint density at radius 1 is 0.931 bits per heavy atom. The Balaban J connectivity index is 2.01. The average Bonchev–Trinajstić information content (AvgIpc) is 3.04. The van der Waals surface area contributed by atoms with Crippen LogP contribution in [0.1, 0.15) is 5.69 Å². The van der Waals surface area contributed by atoms with E-state index in [4.69, 9.17) is 11.6 Å². The van der Waals surface area contributed by atoms with Gasteiger partial charge in [0, 0.05) is 10.6 Å². The lowest BCUT2D eigenvalue weighted by Gasteiger charge is -2.09. The zero-order chi connectivity index (χ0) is 20.1. The molecule has 142 valence electrons. The van der Waals surface area contributed by atoms with Crippen molar-refractivity contribution in [3.05, 3.63) is 86.2 Å². The van der Waals surface area contributed by atoms with Crippen molar-refractivity contribution in [2.24, 2.45) is 0 Å². The zero-order valence-corrected chi connectivity index (χ0v) is 16.0. The SMILES string of the molecule is Cc1nn(-c2ccccc2)c2nc3[nH]c(=O)[nH]c(=O)c3c(-c3ccc(Cl)cc3)c12. The third-order valence-corrected chi connectivity index (χ3v) is 5.06. The Labute approximate surface area is 168 Å². The van der Waals surface area contributed by atoms with E-state index in [1.165, 1.54) is 0 Å². The minimum absolute atomic E-state index is 0.202. The van der Waals surface area contributed by atoms with Gasteiger partial charge in [0.05, 0.1) is 22.2 Å². The molecule has 5 aromatic rings. The van der Waals surface area contributed by atoms with Crippen molar-refractivity contribution in [1.29, 1.82) is 0 Å². The maximum absolute atomic E-state index is 12.7. The van der Waals surface area contributed by atoms with Crippen LogP contribution in [0.25, 0.3) is 38.9 Å². The van der Waals surface area contributed by atoms with Gasteiger partial charge >= 0.3 is 5.69 Å². The molecule has 0 aliphatic rings. The molecule has 0 unspecified atom stereocenters. The van der Waals surface area contributed by atoms with E-state index >= 15 is 0 Å². The van der Waals surface area contributed by atoms with Crippen molar-refractivity contribution in [2.75, 3.05) is 0 Å². The third-order valence-electron chi connectivity index (χ3n) is 4.81. The van der Waals surface area contributed by atoms with Gasteiger partial charge in [-0.1, -0.05) is 41.9 Å². The molecule has 0 saturated carbocycles. The molecule has 0 aliphatic carbocycles. The Morgan fingerprint density at radius 3 is 2.38 bits per heavy atom. The number of halogens is 1. The summed E-state index contributed by atoms with van der Waals surface area (Å²) < 4.78 is 1.71. The standard InChI is InChI=1S/C21H14ClN5O2/c1-11-15-16(12-7-9-13(22)10-8-12)17-18(24-21(29)25-20(17)28)23-19(15)27(26-11)14-5-3-2-4-6-14/h2-10H,1H3,(H2,23,24,25,28,29). The number of aromatic amines is 2. The lowest BCUT2D eigenvalue weighted by molar-refractivity contribution is 0.878. The normalized spacial score (nSPS) is 11.4. The molecule has 0 radical (unpaired) electrons. The average molecular weight is 404 g/mol. The first-order valence-electron chi connectivity index (χ1n) is 8.90. The summed E-state index contributed by atoms with van der Waals surface area (Å²) in [6.07, 6.45) is 0. The van der Waals surface area contributed by atoms with E-state index in [-0.39, 0.29) is 5.65 Å². The first-order chi connectivity index (χ1) is 14.0. The van der Waals surface area contributed by atoms with Gasteiger partial charge in [-0.15, -0.1) is 0 Å². The Morgan fingerprint density at radius 2 is 1.66 bits per heavy atom. The second-order valence-corrected chi connectivity index (χ2v) is 7.09. The summed E-state index contributed by atoms with van der Waals surface area (Å²) in [6, 6.07) is 16.7. The van der Waals surface area contributed by atoms with Gasteiger partial charge < -0.3 is 0 Å². The molecule has 29 heavy (non-hydrogen) atoms. The van der Waals surface area contributed by atoms with E-state index in [2.05, 4.69) is 20.1 Å². The molecule has 0 spiro atoms. The topological polar surface area (TPSA) is 96.4 Å². The van der Waals surface area contributed by atoms with Crippen molar-refractivity contribution in [3.8, 4) is 16.8 Å². The van der Waals surface area contributed by atoms with E-state index in [1.807, 2.05) is 49.4 Å². The molecule has 0 amide bonds. The smallest absolute Gasteiger partial charge is 0.291 e. The quantitative estimate of drug-likeness (QED) is 0.471. The van der Waals surface area contributed by atoms with Crippen LogP contribution in [0.15, 0.2) is 64.2 Å². The summed E-state index contributed by atoms with van der Waals surface area (Å²) in [4.78, 5) is 34.2. The highest BCUT2D eigenvalue weighted by molar-refractivity contribution is 6.30. The van der Waals surface area contributed by atoms with Crippen molar-refractivity contribution >= 4 is 33.7 Å². The van der Waals surface area contributed by atoms with Gasteiger partial charge in [0.25, 0.3) is 5.56 Å². The van der Waals surface area contributed by atoms with Crippen LogP contribution in [-0.4, -0.2) is 24.7 Å². The Hall–Kier alpha value is -3.71. The minimum atomic E-state index is -0.612. The number of aromatic nitrogens is 5. The van der Waals surface area contributed by atoms with Crippen LogP contribution in [-0.2, 0) is 0 Å². The molecule has 0 aliphatic heterocycles. The van der Waals surface area contributed by atoms with Crippen LogP contribution in [0.3, 0.4) is 0 Å². The second kappa shape index (κ2) is 6.42. The summed E-state index contributed by atoms with van der Waals surface area (Å²) in [5.41, 5.74) is 2.61. The van der Waals surface area contributed by atoms with E-state index in [1.54, 1.807) is 16.8 Å². The molecule has 5 rings (SSSR count). The summed E-state index contributed by atoms with van der Waals surface area (Å²) in [5.74, 6) is 0. The van der Waals surface area contributed by atoms with Gasteiger partial charge in [-0.05, 0) is 36.8 Å². The van der Waals surface area contributed by atoms with Crippen molar-refractivity contribution < 1.29 is 0 Å². The molecule has 0 saturated heterocycles. The predicted molar refractivity (Wildman–Crippen MR) is 113 cm³/mol. The number of aryl methyl sites for hydroxylation is 1. The molecule has 3 heterocycles. The highest BCUT2D eigenvalue weighted by Gasteiger charge is 2.21. The lowest BCUT2D eigenvalue weighted by atomic mass is 9.99. The van der Waals surface area contributed by atoms with Crippen LogP contribution in [0.2, 0.25) is 5.02 Å². The Bertz CT molecular complexity index is 1500. The van der Waals surface area contributed by atoms with Gasteiger partial charge in [0.15, 0.2) is 5.65 Å². The number of H-pyrrole nitrogens is 2. The molecule has 2 N–H and O–H groups in total. The second-order valence-electron chi connectivity index (χ2n) is 6.66. The molecular weight excluding hydrogens is 390 g/mol. The monoisotopic (exact) mass is 403 g/mol. The van der Waals surface area contributed by atoms with Gasteiger partial charge in [0.1, 0.15) is 5.65 Å². The molecule has 0 fully saturated rings. The number of para-hydroxylation sites is 1. The number of rotatable bonds is 2. The summed E-state index contributed by atoms with van der Waals surface area (Å²) in [6.45, 7) is 1.87. The molecule has 2 aromatic carbocycles. The highest BCUT2D eigenvalue weighted by atomic mass is 35.5. The first kappa shape index (κ1) is 17.4. The number of hydrogen-bond acceptors (Lipinski definition) is 4. The number of nitrogens with zero attached hydrogens (tertiary/aromatic N) is 3. The van der Waals surface area contributed by atoms with Crippen molar-refractivity contribution in [1.82, 2.24) is 24.7 Å². The van der Waals surface area contributed by atoms with Crippen LogP contribution in [0.5, 0.6) is 0 Å². The number of fused-ring (bicyclic) bond motifs is 2. The van der Waals surface area contributed by atoms with Crippen LogP contribution in [0, 0.1) is 6.92 Å². The minimum Gasteiger partial charge on any atom is -0.291 e. The van der Waals surface area contributed by atoms with Crippen molar-refractivity contribution in [2.45, 2.75) is 6.92 Å². The number of benzene rings is 2. The zero-order valence-electron chi connectivity index (χ0n) is 15.2. The molecule has 7 nitrogen and oxygen atoms in total. The van der Waals surface area contributed by atoms with E-state index in [9.17, 15) is 9.59 Å². The fourth-order valence-corrected chi connectivity index (χ4v) is 3.71. The maximum atomic E-state index is 12.7. The number of nitrogens with one attached hydrogen (secondary N) is 2. The van der Waals surface area contributed by atoms with Gasteiger partial charge in [-0.25, -0.2) is 14.5 Å². The van der Waals surface area contributed by atoms with Gasteiger partial charge in [-0.3, -0.25) is 14.8 Å². The Kier molecular flexibility index (Phi) is 3.85. The largest absolute Gasteiger partial charge is 0.327 e. The van der Waals surface area contributed by atoms with Gasteiger partial charge in [-0.2, -0.15) is 5.10 Å². The van der Waals surface area contributed by atoms with Crippen LogP contribution in [0.4, 0.5) is 0 Å². The molecular formula is C21H14ClN5O2. The first-order valence-corrected chi connectivity index (χ1v) is 9.28. The van der Waals surface area contributed by atoms with Gasteiger partial charge in [0.2, 0.25) is 0 Å². The van der Waals surface area contributed by atoms with Crippen LogP contribution < -0.4 is 11.2 Å². The fourth-order valence-electron chi connectivity index (χ4n) is 3.59. The van der Waals surface area contributed by atoms with E-state index in [0.29, 0.717) is 27.3 Å². The number of pyridine rings is 1.